The molecule has 2 rings (SSSR count). The van der Waals surface area contributed by atoms with Gasteiger partial charge in [-0.05, 0) is 74.6 Å². The van der Waals surface area contributed by atoms with Crippen LogP contribution >= 0.6 is 58.7 Å². The SMILES string of the molecule is CCOC(=O)Cl.CCOC(=O)Sc1scc(C)c1C.Cc1csc(S)c1C. The van der Waals surface area contributed by atoms with Crippen molar-refractivity contribution in [3.63, 3.8) is 0 Å². The van der Waals surface area contributed by atoms with Crippen LogP contribution in [0.1, 0.15) is 36.1 Å². The molecule has 0 unspecified atom stereocenters. The molecule has 0 saturated carbocycles. The highest BCUT2D eigenvalue weighted by atomic mass is 35.5. The molecule has 4 nitrogen and oxygen atoms in total. The molecule has 152 valence electrons. The van der Waals surface area contributed by atoms with E-state index in [9.17, 15) is 9.59 Å². The molecule has 0 aliphatic heterocycles. The van der Waals surface area contributed by atoms with Crippen LogP contribution in [-0.4, -0.2) is 23.9 Å². The lowest BCUT2D eigenvalue weighted by atomic mass is 10.2. The average molecular weight is 469 g/mol. The van der Waals surface area contributed by atoms with Gasteiger partial charge in [0, 0.05) is 23.4 Å². The van der Waals surface area contributed by atoms with Crippen LogP contribution in [0, 0.1) is 27.7 Å². The van der Waals surface area contributed by atoms with Crippen molar-refractivity contribution in [1.82, 2.24) is 0 Å². The van der Waals surface area contributed by atoms with Crippen molar-refractivity contribution in [2.45, 2.75) is 50.0 Å². The molecular formula is C18H25ClO4S4. The Kier molecular flexibility index (Phi) is 14.0. The maximum atomic E-state index is 11.1. The number of hydrogen-bond donors (Lipinski definition) is 1. The second-order valence-corrected chi connectivity index (χ2v) is 9.16. The lowest BCUT2D eigenvalue weighted by molar-refractivity contribution is 0.179. The quantitative estimate of drug-likeness (QED) is 0.217. The van der Waals surface area contributed by atoms with E-state index in [2.05, 4.69) is 42.0 Å². The number of ether oxygens (including phenoxy) is 2. The second kappa shape index (κ2) is 14.3. The van der Waals surface area contributed by atoms with Gasteiger partial charge in [-0.3, -0.25) is 0 Å². The van der Waals surface area contributed by atoms with E-state index in [4.69, 9.17) is 16.3 Å². The number of thioether (sulfide) groups is 1. The third-order valence-electron chi connectivity index (χ3n) is 3.20. The molecule has 27 heavy (non-hydrogen) atoms. The Morgan fingerprint density at radius 2 is 1.52 bits per heavy atom. The summed E-state index contributed by atoms with van der Waals surface area (Å²) in [4.78, 5) is 20.7. The van der Waals surface area contributed by atoms with E-state index in [1.54, 1.807) is 29.6 Å². The van der Waals surface area contributed by atoms with Gasteiger partial charge in [-0.25, -0.2) is 9.59 Å². The monoisotopic (exact) mass is 468 g/mol. The predicted octanol–water partition coefficient (Wildman–Crippen LogP) is 7.65. The highest BCUT2D eigenvalue weighted by Crippen LogP contribution is 2.32. The fourth-order valence-corrected chi connectivity index (χ4v) is 4.63. The smallest absolute Gasteiger partial charge is 0.403 e. The number of thiophene rings is 2. The zero-order valence-corrected chi connectivity index (χ0v) is 20.4. The van der Waals surface area contributed by atoms with Crippen molar-refractivity contribution in [3.05, 3.63) is 33.0 Å². The summed E-state index contributed by atoms with van der Waals surface area (Å²) in [6, 6.07) is 0. The first-order chi connectivity index (χ1) is 12.6. The Morgan fingerprint density at radius 3 is 1.78 bits per heavy atom. The number of hydrogen-bond acceptors (Lipinski definition) is 8. The summed E-state index contributed by atoms with van der Waals surface area (Å²) >= 11 is 13.4. The van der Waals surface area contributed by atoms with Crippen molar-refractivity contribution in [2.24, 2.45) is 0 Å². The van der Waals surface area contributed by atoms with Crippen molar-refractivity contribution in [3.8, 4) is 0 Å². The van der Waals surface area contributed by atoms with Crippen molar-refractivity contribution >= 4 is 69.4 Å². The Labute approximate surface area is 184 Å². The molecule has 0 fully saturated rings. The average Bonchev–Trinajstić information content (AvgIpc) is 3.06. The van der Waals surface area contributed by atoms with Gasteiger partial charge in [-0.2, -0.15) is 0 Å². The van der Waals surface area contributed by atoms with Crippen molar-refractivity contribution < 1.29 is 19.1 Å². The minimum absolute atomic E-state index is 0.215. The molecule has 0 amide bonds. The van der Waals surface area contributed by atoms with Crippen molar-refractivity contribution in [1.29, 1.82) is 0 Å². The lowest BCUT2D eigenvalue weighted by Gasteiger charge is -1.99. The number of aryl methyl sites for hydroxylation is 2. The maximum Gasteiger partial charge on any atom is 0.403 e. The van der Waals surface area contributed by atoms with Gasteiger partial charge >= 0.3 is 10.7 Å². The van der Waals surface area contributed by atoms with Crippen LogP contribution in [0.3, 0.4) is 0 Å². The Balaban J connectivity index is 0.000000413. The van der Waals surface area contributed by atoms with Crippen LogP contribution in [-0.2, 0) is 9.47 Å². The van der Waals surface area contributed by atoms with Crippen LogP contribution in [0.4, 0.5) is 9.59 Å². The molecule has 9 heteroatoms. The van der Waals surface area contributed by atoms with Gasteiger partial charge in [0.15, 0.2) is 0 Å². The van der Waals surface area contributed by atoms with E-state index in [1.165, 1.54) is 34.0 Å². The van der Waals surface area contributed by atoms with Crippen LogP contribution < -0.4 is 0 Å². The number of thiol groups is 1. The minimum Gasteiger partial charge on any atom is -0.458 e. The van der Waals surface area contributed by atoms with Gasteiger partial charge in [-0.15, -0.1) is 35.3 Å². The number of carbonyl (C=O) groups excluding carboxylic acids is 2. The molecule has 0 N–H and O–H groups in total. The van der Waals surface area contributed by atoms with Gasteiger partial charge in [-0.1, -0.05) is 0 Å². The normalized spacial score (nSPS) is 9.48. The van der Waals surface area contributed by atoms with Crippen LogP contribution in [0.15, 0.2) is 19.2 Å². The summed E-state index contributed by atoms with van der Waals surface area (Å²) in [6.45, 7) is 12.6. The van der Waals surface area contributed by atoms with Crippen LogP contribution in [0.2, 0.25) is 0 Å². The second-order valence-electron chi connectivity index (χ2n) is 5.14. The molecule has 0 aromatic carbocycles. The molecule has 0 spiro atoms. The van der Waals surface area contributed by atoms with E-state index in [0.717, 1.165) is 8.42 Å². The number of carbonyl (C=O) groups is 2. The first-order valence-electron chi connectivity index (χ1n) is 8.09. The van der Waals surface area contributed by atoms with Crippen molar-refractivity contribution in [2.75, 3.05) is 13.2 Å². The molecule has 0 radical (unpaired) electrons. The standard InChI is InChI=1S/C9H12O2S2.C6H8S2.C3H5ClO2/c1-4-11-9(10)13-8-7(3)6(2)5-12-8;1-4-3-8-6(7)5(4)2;1-2-6-3(4)5/h5H,4H2,1-3H3;3,7H,1-2H3;2H2,1H3. The Hall–Kier alpha value is -0.670. The summed E-state index contributed by atoms with van der Waals surface area (Å²) in [6.07, 6.45) is 0. The molecule has 2 aromatic heterocycles. The molecule has 2 aromatic rings. The third-order valence-corrected chi connectivity index (χ3v) is 7.26. The molecule has 0 aliphatic carbocycles. The van der Waals surface area contributed by atoms with Gasteiger partial charge in [0.05, 0.1) is 21.6 Å². The highest BCUT2D eigenvalue weighted by molar-refractivity contribution is 8.14. The van der Waals surface area contributed by atoms with Crippen LogP contribution in [0.25, 0.3) is 0 Å². The van der Waals surface area contributed by atoms with Gasteiger partial charge in [0.1, 0.15) is 0 Å². The third kappa shape index (κ3) is 11.0. The summed E-state index contributed by atoms with van der Waals surface area (Å²) in [5.74, 6) is 0. The highest BCUT2D eigenvalue weighted by Gasteiger charge is 2.10. The topological polar surface area (TPSA) is 52.6 Å². The molecule has 2 heterocycles. The molecular weight excluding hydrogens is 444 g/mol. The van der Waals surface area contributed by atoms with Gasteiger partial charge < -0.3 is 9.47 Å². The maximum absolute atomic E-state index is 11.1. The number of halogens is 1. The minimum atomic E-state index is -0.738. The van der Waals surface area contributed by atoms with E-state index < -0.39 is 5.43 Å². The summed E-state index contributed by atoms with van der Waals surface area (Å²) in [5, 5.41) is 3.96. The van der Waals surface area contributed by atoms with E-state index >= 15 is 0 Å². The Bertz CT molecular complexity index is 706. The van der Waals surface area contributed by atoms with Gasteiger partial charge in [0.25, 0.3) is 0 Å². The molecule has 0 bridgehead atoms. The molecule has 0 aliphatic rings. The van der Waals surface area contributed by atoms with Crippen LogP contribution in [0.5, 0.6) is 0 Å². The summed E-state index contributed by atoms with van der Waals surface area (Å²) in [7, 11) is 0. The zero-order valence-electron chi connectivity index (χ0n) is 16.3. The van der Waals surface area contributed by atoms with E-state index in [-0.39, 0.29) is 5.30 Å². The summed E-state index contributed by atoms with van der Waals surface area (Å²) in [5.41, 5.74) is 4.34. The predicted molar refractivity (Wildman–Crippen MR) is 121 cm³/mol. The molecule has 0 saturated heterocycles. The molecule has 0 atom stereocenters. The zero-order chi connectivity index (χ0) is 21.0. The van der Waals surface area contributed by atoms with E-state index in [0.29, 0.717) is 13.2 Å². The van der Waals surface area contributed by atoms with Gasteiger partial charge in [0.2, 0.25) is 0 Å². The largest absolute Gasteiger partial charge is 0.458 e. The number of rotatable bonds is 3. The van der Waals surface area contributed by atoms with E-state index in [1.807, 2.05) is 20.8 Å². The first kappa shape index (κ1) is 26.3. The first-order valence-corrected chi connectivity index (χ1v) is 11.5. The Morgan fingerprint density at radius 1 is 1.00 bits per heavy atom. The lowest BCUT2D eigenvalue weighted by Crippen LogP contribution is -1.95. The fourth-order valence-electron chi connectivity index (χ4n) is 1.41. The summed E-state index contributed by atoms with van der Waals surface area (Å²) < 4.78 is 11.2. The fraction of sp³-hybridized carbons (Fsp3) is 0.444.